The summed E-state index contributed by atoms with van der Waals surface area (Å²) < 4.78 is 0. The molecule has 4 nitrogen and oxygen atoms in total. The predicted octanol–water partition coefficient (Wildman–Crippen LogP) is 5.12. The molecular weight excluding hydrogens is 311 g/mol. The van der Waals surface area contributed by atoms with Gasteiger partial charge in [0, 0.05) is 12.6 Å². The van der Waals surface area contributed by atoms with Gasteiger partial charge in [0.05, 0.1) is 15.0 Å². The molecule has 0 saturated heterocycles. The smallest absolute Gasteiger partial charge is 0.293 e. The molecule has 0 bridgehead atoms. The van der Waals surface area contributed by atoms with Gasteiger partial charge in [-0.1, -0.05) is 60.5 Å². The number of hydrogen-bond acceptors (Lipinski definition) is 3. The highest BCUT2D eigenvalue weighted by atomic mass is 35.5. The SMILES string of the molecule is CC(CNc1cc(Cl)c(Cl)cc1[N+](=O)[O-])c1ccccc1. The van der Waals surface area contributed by atoms with Gasteiger partial charge in [-0.05, 0) is 17.5 Å². The quantitative estimate of drug-likeness (QED) is 0.613. The van der Waals surface area contributed by atoms with Crippen LogP contribution in [0.2, 0.25) is 10.0 Å². The van der Waals surface area contributed by atoms with Crippen molar-refractivity contribution in [2.45, 2.75) is 12.8 Å². The van der Waals surface area contributed by atoms with Gasteiger partial charge in [-0.25, -0.2) is 0 Å². The van der Waals surface area contributed by atoms with Crippen molar-refractivity contribution < 1.29 is 4.92 Å². The maximum Gasteiger partial charge on any atom is 0.293 e. The van der Waals surface area contributed by atoms with Crippen LogP contribution in [0.15, 0.2) is 42.5 Å². The Kier molecular flexibility index (Phi) is 5.04. The molecule has 0 amide bonds. The first-order chi connectivity index (χ1) is 9.99. The number of nitrogens with one attached hydrogen (secondary N) is 1. The molecular formula is C15H14Cl2N2O2. The number of hydrogen-bond donors (Lipinski definition) is 1. The Morgan fingerprint density at radius 1 is 1.19 bits per heavy atom. The zero-order valence-corrected chi connectivity index (χ0v) is 12.9. The van der Waals surface area contributed by atoms with E-state index in [4.69, 9.17) is 23.2 Å². The monoisotopic (exact) mass is 324 g/mol. The molecule has 0 aromatic heterocycles. The van der Waals surface area contributed by atoms with Crippen molar-refractivity contribution in [3.63, 3.8) is 0 Å². The van der Waals surface area contributed by atoms with Crippen LogP contribution >= 0.6 is 23.2 Å². The molecule has 0 aliphatic carbocycles. The largest absolute Gasteiger partial charge is 0.379 e. The van der Waals surface area contributed by atoms with E-state index in [9.17, 15) is 10.1 Å². The lowest BCUT2D eigenvalue weighted by atomic mass is 10.0. The van der Waals surface area contributed by atoms with Crippen LogP contribution in [0.4, 0.5) is 11.4 Å². The minimum atomic E-state index is -0.474. The Bertz CT molecular complexity index is 648. The Labute approximate surface area is 132 Å². The summed E-state index contributed by atoms with van der Waals surface area (Å²) >= 11 is 11.8. The molecule has 1 unspecified atom stereocenters. The van der Waals surface area contributed by atoms with Crippen molar-refractivity contribution in [2.75, 3.05) is 11.9 Å². The summed E-state index contributed by atoms with van der Waals surface area (Å²) in [5.41, 5.74) is 1.45. The minimum Gasteiger partial charge on any atom is -0.379 e. The Hall–Kier alpha value is -1.78. The summed E-state index contributed by atoms with van der Waals surface area (Å²) in [6, 6.07) is 12.7. The van der Waals surface area contributed by atoms with Crippen molar-refractivity contribution in [3.05, 3.63) is 68.2 Å². The number of nitrogens with zero attached hydrogens (tertiary/aromatic N) is 1. The lowest BCUT2D eigenvalue weighted by Crippen LogP contribution is -2.11. The van der Waals surface area contributed by atoms with E-state index in [2.05, 4.69) is 5.32 Å². The lowest BCUT2D eigenvalue weighted by molar-refractivity contribution is -0.383. The van der Waals surface area contributed by atoms with E-state index in [-0.39, 0.29) is 21.7 Å². The highest BCUT2D eigenvalue weighted by Gasteiger charge is 2.17. The van der Waals surface area contributed by atoms with Gasteiger partial charge in [0.25, 0.3) is 5.69 Å². The summed E-state index contributed by atoms with van der Waals surface area (Å²) in [7, 11) is 0. The van der Waals surface area contributed by atoms with Crippen molar-refractivity contribution in [1.29, 1.82) is 0 Å². The first-order valence-electron chi connectivity index (χ1n) is 6.41. The van der Waals surface area contributed by atoms with E-state index in [0.717, 1.165) is 5.56 Å². The van der Waals surface area contributed by atoms with Gasteiger partial charge < -0.3 is 5.32 Å². The molecule has 0 aliphatic rings. The van der Waals surface area contributed by atoms with Crippen molar-refractivity contribution in [2.24, 2.45) is 0 Å². The second-order valence-electron chi connectivity index (χ2n) is 4.73. The van der Waals surface area contributed by atoms with Crippen LogP contribution in [0.25, 0.3) is 0 Å². The molecule has 1 atom stereocenters. The van der Waals surface area contributed by atoms with E-state index in [0.29, 0.717) is 12.2 Å². The van der Waals surface area contributed by atoms with Gasteiger partial charge in [0.15, 0.2) is 0 Å². The zero-order valence-electron chi connectivity index (χ0n) is 11.3. The van der Waals surface area contributed by atoms with E-state index < -0.39 is 4.92 Å². The molecule has 2 aromatic carbocycles. The second-order valence-corrected chi connectivity index (χ2v) is 5.55. The number of anilines is 1. The van der Waals surface area contributed by atoms with Gasteiger partial charge in [0.1, 0.15) is 5.69 Å². The Balaban J connectivity index is 2.16. The maximum absolute atomic E-state index is 11.1. The predicted molar refractivity (Wildman–Crippen MR) is 86.5 cm³/mol. The molecule has 21 heavy (non-hydrogen) atoms. The van der Waals surface area contributed by atoms with Gasteiger partial charge >= 0.3 is 0 Å². The molecule has 0 spiro atoms. The third-order valence-corrected chi connectivity index (χ3v) is 3.92. The fourth-order valence-electron chi connectivity index (χ4n) is 1.99. The van der Waals surface area contributed by atoms with Crippen LogP contribution in [-0.4, -0.2) is 11.5 Å². The lowest BCUT2D eigenvalue weighted by Gasteiger charge is -2.14. The molecule has 110 valence electrons. The summed E-state index contributed by atoms with van der Waals surface area (Å²) in [5, 5.41) is 14.6. The molecule has 2 rings (SSSR count). The molecule has 0 radical (unpaired) electrons. The zero-order chi connectivity index (χ0) is 15.4. The average Bonchev–Trinajstić information content (AvgIpc) is 2.48. The van der Waals surface area contributed by atoms with Crippen LogP contribution in [0.1, 0.15) is 18.4 Å². The van der Waals surface area contributed by atoms with Crippen molar-refractivity contribution in [3.8, 4) is 0 Å². The molecule has 6 heteroatoms. The molecule has 0 aliphatic heterocycles. The van der Waals surface area contributed by atoms with E-state index in [1.54, 1.807) is 0 Å². The number of nitro benzene ring substituents is 1. The van der Waals surface area contributed by atoms with Gasteiger partial charge in [0.2, 0.25) is 0 Å². The summed E-state index contributed by atoms with van der Waals surface area (Å²) in [4.78, 5) is 10.6. The first-order valence-corrected chi connectivity index (χ1v) is 7.17. The normalized spacial score (nSPS) is 12.0. The summed E-state index contributed by atoms with van der Waals surface area (Å²) in [6.07, 6.45) is 0. The third kappa shape index (κ3) is 3.86. The standard InChI is InChI=1S/C15H14Cl2N2O2/c1-10(11-5-3-2-4-6-11)9-18-14-7-12(16)13(17)8-15(14)19(20)21/h2-8,10,18H,9H2,1H3. The van der Waals surface area contributed by atoms with Crippen LogP contribution in [0, 0.1) is 10.1 Å². The van der Waals surface area contributed by atoms with Crippen LogP contribution < -0.4 is 5.32 Å². The molecule has 0 saturated carbocycles. The van der Waals surface area contributed by atoms with Crippen LogP contribution in [-0.2, 0) is 0 Å². The highest BCUT2D eigenvalue weighted by molar-refractivity contribution is 6.42. The molecule has 0 fully saturated rings. The van der Waals surface area contributed by atoms with E-state index in [1.165, 1.54) is 12.1 Å². The Morgan fingerprint density at radius 2 is 1.81 bits per heavy atom. The maximum atomic E-state index is 11.1. The summed E-state index contributed by atoms with van der Waals surface area (Å²) in [5.74, 6) is 0.209. The second kappa shape index (κ2) is 6.78. The van der Waals surface area contributed by atoms with E-state index in [1.807, 2.05) is 37.3 Å². The topological polar surface area (TPSA) is 55.2 Å². The first kappa shape index (κ1) is 15.6. The molecule has 0 heterocycles. The van der Waals surface area contributed by atoms with E-state index >= 15 is 0 Å². The molecule has 1 N–H and O–H groups in total. The van der Waals surface area contributed by atoms with Gasteiger partial charge in [-0.15, -0.1) is 0 Å². The average molecular weight is 325 g/mol. The van der Waals surface area contributed by atoms with Gasteiger partial charge in [-0.3, -0.25) is 10.1 Å². The summed E-state index contributed by atoms with van der Waals surface area (Å²) in [6.45, 7) is 2.61. The number of nitro groups is 1. The van der Waals surface area contributed by atoms with Crippen molar-refractivity contribution in [1.82, 2.24) is 0 Å². The Morgan fingerprint density at radius 3 is 2.43 bits per heavy atom. The number of halogens is 2. The molecule has 2 aromatic rings. The fraction of sp³-hybridized carbons (Fsp3) is 0.200. The number of rotatable bonds is 5. The minimum absolute atomic E-state index is 0.0790. The van der Waals surface area contributed by atoms with Gasteiger partial charge in [-0.2, -0.15) is 0 Å². The fourth-order valence-corrected chi connectivity index (χ4v) is 2.31. The van der Waals surface area contributed by atoms with Crippen molar-refractivity contribution >= 4 is 34.6 Å². The van der Waals surface area contributed by atoms with Crippen LogP contribution in [0.3, 0.4) is 0 Å². The van der Waals surface area contributed by atoms with Crippen LogP contribution in [0.5, 0.6) is 0 Å². The third-order valence-electron chi connectivity index (χ3n) is 3.20. The number of benzene rings is 2. The highest BCUT2D eigenvalue weighted by Crippen LogP contribution is 2.34.